The van der Waals surface area contributed by atoms with Crippen LogP contribution in [0.2, 0.25) is 0 Å². The van der Waals surface area contributed by atoms with E-state index in [1.807, 2.05) is 36.4 Å². The third kappa shape index (κ3) is 4.90. The number of rotatable bonds is 7. The first-order valence-electron chi connectivity index (χ1n) is 13.8. The average Bonchev–Trinajstić information content (AvgIpc) is 3.60. The van der Waals surface area contributed by atoms with Crippen molar-refractivity contribution < 1.29 is 23.6 Å². The van der Waals surface area contributed by atoms with Crippen LogP contribution in [0.1, 0.15) is 36.8 Å². The van der Waals surface area contributed by atoms with E-state index in [4.69, 9.17) is 13.9 Å². The molecule has 222 valence electrons. The Morgan fingerprint density at radius 2 is 1.93 bits per heavy atom. The summed E-state index contributed by atoms with van der Waals surface area (Å²) in [5.41, 5.74) is 2.05. The van der Waals surface area contributed by atoms with Crippen LogP contribution in [-0.4, -0.2) is 29.2 Å². The number of nitro benzene ring substituents is 1. The molecule has 2 aromatic heterocycles. The molecule has 44 heavy (non-hydrogen) atoms. The van der Waals surface area contributed by atoms with Crippen LogP contribution in [0.4, 0.5) is 5.69 Å². The lowest BCUT2D eigenvalue weighted by Crippen LogP contribution is -2.40. The Kier molecular flexibility index (Phi) is 7.48. The zero-order valence-corrected chi connectivity index (χ0v) is 25.1. The van der Waals surface area contributed by atoms with Crippen LogP contribution < -0.4 is 19.6 Å². The van der Waals surface area contributed by atoms with Crippen LogP contribution in [-0.2, 0) is 9.53 Å². The number of hydrogen-bond acceptors (Lipinski definition) is 9. The summed E-state index contributed by atoms with van der Waals surface area (Å²) in [5, 5.41) is 13.2. The molecule has 5 aromatic rings. The van der Waals surface area contributed by atoms with Gasteiger partial charge in [0.1, 0.15) is 23.3 Å². The molecule has 0 radical (unpaired) electrons. The molecule has 3 aromatic carbocycles. The molecule has 0 bridgehead atoms. The van der Waals surface area contributed by atoms with Crippen molar-refractivity contribution in [2.45, 2.75) is 26.8 Å². The van der Waals surface area contributed by atoms with E-state index in [1.165, 1.54) is 22.0 Å². The molecule has 0 N–H and O–H groups in total. The molecule has 0 unspecified atom stereocenters. The highest BCUT2D eigenvalue weighted by Gasteiger charge is 2.36. The molecule has 1 atom stereocenters. The standard InChI is InChI=1S/C33H27N3O7S/c1-5-42-32(38)28-19(3)34-33-35(30(28)29-23-9-7-6-8-20(23)12-14-26(29)41-4)31(37)27(44-33)17-22-13-15-25(43-22)21-11-10-18(2)24(16-21)36(39)40/h6-17,30H,5H2,1-4H3/b27-17+/t30-/m1/s1. The monoisotopic (exact) mass is 609 g/mol. The molecule has 0 saturated carbocycles. The fourth-order valence-electron chi connectivity index (χ4n) is 5.47. The van der Waals surface area contributed by atoms with Crippen molar-refractivity contribution in [3.63, 3.8) is 0 Å². The number of aromatic nitrogens is 1. The fraction of sp³-hybridized carbons (Fsp3) is 0.182. The van der Waals surface area contributed by atoms with Crippen molar-refractivity contribution in [2.24, 2.45) is 4.99 Å². The Bertz CT molecular complexity index is 2190. The van der Waals surface area contributed by atoms with E-state index in [2.05, 4.69) is 4.99 Å². The number of carbonyl (C=O) groups excluding carboxylic acids is 1. The molecule has 0 amide bonds. The number of hydrogen-bond donors (Lipinski definition) is 0. The Hall–Kier alpha value is -5.29. The number of nitro groups is 1. The third-order valence-electron chi connectivity index (χ3n) is 7.53. The van der Waals surface area contributed by atoms with E-state index in [0.717, 1.165) is 10.8 Å². The molecule has 3 heterocycles. The van der Waals surface area contributed by atoms with Crippen LogP contribution in [0.25, 0.3) is 28.2 Å². The Morgan fingerprint density at radius 3 is 2.68 bits per heavy atom. The van der Waals surface area contributed by atoms with Crippen LogP contribution in [0.5, 0.6) is 5.75 Å². The third-order valence-corrected chi connectivity index (χ3v) is 8.51. The SMILES string of the molecule is CCOC(=O)C1=C(C)N=c2s/c(=C/c3ccc(-c4ccc(C)c([N+](=O)[O-])c4)o3)c(=O)n2[C@H]1c1c(OC)ccc2ccccc12. The first-order chi connectivity index (χ1) is 21.2. The van der Waals surface area contributed by atoms with Crippen LogP contribution in [0.3, 0.4) is 0 Å². The number of fused-ring (bicyclic) bond motifs is 2. The van der Waals surface area contributed by atoms with Gasteiger partial charge in [-0.1, -0.05) is 53.8 Å². The van der Waals surface area contributed by atoms with E-state index >= 15 is 0 Å². The molecule has 11 heteroatoms. The van der Waals surface area contributed by atoms with E-state index < -0.39 is 16.9 Å². The Balaban J connectivity index is 1.54. The second-order valence-electron chi connectivity index (χ2n) is 10.2. The topological polar surface area (TPSA) is 126 Å². The summed E-state index contributed by atoms with van der Waals surface area (Å²) in [7, 11) is 1.55. The predicted molar refractivity (Wildman–Crippen MR) is 166 cm³/mol. The minimum absolute atomic E-state index is 0.00889. The van der Waals surface area contributed by atoms with Gasteiger partial charge in [0.2, 0.25) is 0 Å². The summed E-state index contributed by atoms with van der Waals surface area (Å²) in [4.78, 5) is 43.6. The summed E-state index contributed by atoms with van der Waals surface area (Å²) < 4.78 is 19.1. The van der Waals surface area contributed by atoms with Gasteiger partial charge in [-0.05, 0) is 49.7 Å². The normalized spacial score (nSPS) is 14.8. The second kappa shape index (κ2) is 11.4. The summed E-state index contributed by atoms with van der Waals surface area (Å²) in [6, 6.07) is 18.9. The van der Waals surface area contributed by atoms with E-state index in [1.54, 1.807) is 58.2 Å². The number of esters is 1. The highest BCUT2D eigenvalue weighted by atomic mass is 32.1. The van der Waals surface area contributed by atoms with Gasteiger partial charge in [-0.3, -0.25) is 19.5 Å². The maximum atomic E-state index is 14.2. The summed E-state index contributed by atoms with van der Waals surface area (Å²) in [5.74, 6) is 0.758. The van der Waals surface area contributed by atoms with Crippen LogP contribution >= 0.6 is 11.3 Å². The summed E-state index contributed by atoms with van der Waals surface area (Å²) in [6.45, 7) is 5.28. The predicted octanol–water partition coefficient (Wildman–Crippen LogP) is 5.44. The first kappa shape index (κ1) is 28.8. The Morgan fingerprint density at radius 1 is 1.14 bits per heavy atom. The van der Waals surface area contributed by atoms with E-state index in [9.17, 15) is 19.7 Å². The lowest BCUT2D eigenvalue weighted by atomic mass is 9.90. The van der Waals surface area contributed by atoms with Crippen molar-refractivity contribution >= 4 is 39.8 Å². The highest BCUT2D eigenvalue weighted by molar-refractivity contribution is 7.07. The summed E-state index contributed by atoms with van der Waals surface area (Å²) in [6.07, 6.45) is 1.61. The quantitative estimate of drug-likeness (QED) is 0.137. The number of carbonyl (C=O) groups is 1. The number of methoxy groups -OCH3 is 1. The van der Waals surface area contributed by atoms with Crippen molar-refractivity contribution in [1.82, 2.24) is 4.57 Å². The molecule has 6 rings (SSSR count). The zero-order valence-electron chi connectivity index (χ0n) is 24.3. The van der Waals surface area contributed by atoms with Crippen molar-refractivity contribution in [3.05, 3.63) is 125 Å². The van der Waals surface area contributed by atoms with Gasteiger partial charge in [-0.25, -0.2) is 9.79 Å². The first-order valence-corrected chi connectivity index (χ1v) is 14.6. The maximum absolute atomic E-state index is 14.2. The fourth-order valence-corrected chi connectivity index (χ4v) is 6.50. The highest BCUT2D eigenvalue weighted by Crippen LogP contribution is 2.40. The Labute approximate surface area is 255 Å². The average molecular weight is 610 g/mol. The summed E-state index contributed by atoms with van der Waals surface area (Å²) >= 11 is 1.17. The minimum Gasteiger partial charge on any atom is -0.496 e. The van der Waals surface area contributed by atoms with Gasteiger partial charge in [0.05, 0.1) is 34.4 Å². The number of benzene rings is 3. The number of allylic oxidation sites excluding steroid dienone is 1. The molecule has 1 aliphatic heterocycles. The molecule has 0 saturated heterocycles. The maximum Gasteiger partial charge on any atom is 0.338 e. The molecule has 1 aliphatic rings. The molecule has 0 spiro atoms. The van der Waals surface area contributed by atoms with E-state index in [0.29, 0.717) is 49.0 Å². The number of furan rings is 1. The molecule has 0 fully saturated rings. The number of thiazole rings is 1. The van der Waals surface area contributed by atoms with Crippen molar-refractivity contribution in [1.29, 1.82) is 0 Å². The number of nitrogens with zero attached hydrogens (tertiary/aromatic N) is 3. The lowest BCUT2D eigenvalue weighted by Gasteiger charge is -2.27. The van der Waals surface area contributed by atoms with Gasteiger partial charge in [0.15, 0.2) is 4.80 Å². The van der Waals surface area contributed by atoms with Gasteiger partial charge >= 0.3 is 5.97 Å². The smallest absolute Gasteiger partial charge is 0.338 e. The zero-order chi connectivity index (χ0) is 31.1. The van der Waals surface area contributed by atoms with Crippen LogP contribution in [0.15, 0.2) is 92.2 Å². The number of ether oxygens (including phenoxy) is 2. The molecular formula is C33H27N3O7S. The van der Waals surface area contributed by atoms with Crippen LogP contribution in [0, 0.1) is 17.0 Å². The van der Waals surface area contributed by atoms with Gasteiger partial charge in [0, 0.05) is 28.8 Å². The number of aryl methyl sites for hydroxylation is 1. The van der Waals surface area contributed by atoms with E-state index in [-0.39, 0.29) is 23.4 Å². The minimum atomic E-state index is -0.867. The van der Waals surface area contributed by atoms with Gasteiger partial charge < -0.3 is 13.9 Å². The largest absolute Gasteiger partial charge is 0.496 e. The van der Waals surface area contributed by atoms with Gasteiger partial charge in [-0.15, -0.1) is 0 Å². The molecule has 0 aliphatic carbocycles. The van der Waals surface area contributed by atoms with Gasteiger partial charge in [-0.2, -0.15) is 0 Å². The molecule has 10 nitrogen and oxygen atoms in total. The second-order valence-corrected chi connectivity index (χ2v) is 11.2. The lowest BCUT2D eigenvalue weighted by molar-refractivity contribution is -0.385. The van der Waals surface area contributed by atoms with Crippen molar-refractivity contribution in [2.75, 3.05) is 13.7 Å². The van der Waals surface area contributed by atoms with Gasteiger partial charge in [0.25, 0.3) is 11.2 Å². The molecular weight excluding hydrogens is 582 g/mol. The van der Waals surface area contributed by atoms with Crippen molar-refractivity contribution in [3.8, 4) is 17.1 Å².